The van der Waals surface area contributed by atoms with Crippen LogP contribution in [0.3, 0.4) is 0 Å². The van der Waals surface area contributed by atoms with E-state index in [1.165, 1.54) is 89.5 Å². The van der Waals surface area contributed by atoms with Crippen molar-refractivity contribution in [2.75, 3.05) is 6.61 Å². The molecule has 1 rings (SSSR count). The molecule has 62 heavy (non-hydrogen) atoms. The first-order chi connectivity index (χ1) is 29.8. The lowest BCUT2D eigenvalue weighted by atomic mass is 9.85. The van der Waals surface area contributed by atoms with Crippen LogP contribution in [0.4, 0.5) is 0 Å². The number of hydrogen-bond acceptors (Lipinski definition) is 11. The molecular weight excluding hydrogens is 813 g/mol. The maximum absolute atomic E-state index is 13.0. The van der Waals surface area contributed by atoms with Crippen LogP contribution in [0.2, 0.25) is 0 Å². The number of unbranched alkanes of at least 4 members (excludes halogenated alkanes) is 20. The van der Waals surface area contributed by atoms with Gasteiger partial charge < -0.3 is 46.0 Å². The summed E-state index contributed by atoms with van der Waals surface area (Å²) in [5.41, 5.74) is 0. The minimum absolute atomic E-state index is 0.263. The summed E-state index contributed by atoms with van der Waals surface area (Å²) in [5, 5.41) is 74.4. The number of carbonyl (C=O) groups is 1. The standard InChI is InChI=1S/C48H88NO12P/c1-3-5-7-9-11-13-15-16-17-18-19-20-21-22-23-24-26-27-29-31-33-35-39(50)37-42(52)49-40(41(51)36-34-32-30-28-25-14-12-10-8-6-4-2)38-60-62(58,59)61-48-46(56)44(54)43(53)45(55)47(48)57/h19-20,22-23,25,28,34,36,39-41,43-48,50-51,53-57H,3-18,21,24,26-27,29-33,35,37-38H2,1-2H3,(H,49,52)(H,58,59)/b20-19-,23-22-,28-25+,36-34+. The molecule has 8 atom stereocenters. The highest BCUT2D eigenvalue weighted by Gasteiger charge is 2.51. The van der Waals surface area contributed by atoms with E-state index in [4.69, 9.17) is 9.05 Å². The number of nitrogens with one attached hydrogen (secondary N) is 1. The number of amides is 1. The summed E-state index contributed by atoms with van der Waals surface area (Å²) >= 11 is 0. The van der Waals surface area contributed by atoms with Crippen molar-refractivity contribution in [3.8, 4) is 0 Å². The van der Waals surface area contributed by atoms with E-state index >= 15 is 0 Å². The largest absolute Gasteiger partial charge is 0.472 e. The van der Waals surface area contributed by atoms with Gasteiger partial charge >= 0.3 is 7.82 Å². The predicted octanol–water partition coefficient (Wildman–Crippen LogP) is 8.31. The molecule has 1 aliphatic carbocycles. The van der Waals surface area contributed by atoms with Crippen LogP contribution >= 0.6 is 7.82 Å². The molecule has 9 N–H and O–H groups in total. The van der Waals surface area contributed by atoms with Crippen molar-refractivity contribution in [1.82, 2.24) is 5.32 Å². The van der Waals surface area contributed by atoms with Gasteiger partial charge in [0.05, 0.1) is 31.3 Å². The molecule has 1 amide bonds. The third kappa shape index (κ3) is 28.9. The fraction of sp³-hybridized carbons (Fsp3) is 0.812. The lowest BCUT2D eigenvalue weighted by Gasteiger charge is -2.41. The topological polar surface area (TPSA) is 226 Å². The van der Waals surface area contributed by atoms with E-state index in [1.54, 1.807) is 6.08 Å². The summed E-state index contributed by atoms with van der Waals surface area (Å²) in [6.45, 7) is 3.69. The zero-order chi connectivity index (χ0) is 45.9. The molecule has 0 aliphatic heterocycles. The Bertz CT molecular complexity index is 1250. The average molecular weight is 902 g/mol. The summed E-state index contributed by atoms with van der Waals surface area (Å²) in [6.07, 6.45) is 30.7. The third-order valence-electron chi connectivity index (χ3n) is 11.4. The molecule has 0 spiro atoms. The molecule has 0 saturated heterocycles. The quantitative estimate of drug-likeness (QED) is 0.0161. The minimum Gasteiger partial charge on any atom is -0.393 e. The first-order valence-electron chi connectivity index (χ1n) is 24.2. The normalized spacial score (nSPS) is 23.5. The van der Waals surface area contributed by atoms with Gasteiger partial charge in [-0.05, 0) is 64.2 Å². The van der Waals surface area contributed by atoms with E-state index in [2.05, 4.69) is 55.6 Å². The van der Waals surface area contributed by atoms with Crippen LogP contribution in [0.1, 0.15) is 187 Å². The molecule has 0 radical (unpaired) electrons. The molecule has 0 aromatic rings. The second kappa shape index (κ2) is 37.5. The lowest BCUT2D eigenvalue weighted by Crippen LogP contribution is -2.64. The van der Waals surface area contributed by atoms with Gasteiger partial charge in [0.15, 0.2) is 0 Å². The highest BCUT2D eigenvalue weighted by atomic mass is 31.2. The summed E-state index contributed by atoms with van der Waals surface area (Å²) in [5.74, 6) is -0.613. The maximum atomic E-state index is 13.0. The van der Waals surface area contributed by atoms with Crippen molar-refractivity contribution in [2.24, 2.45) is 0 Å². The van der Waals surface area contributed by atoms with Crippen LogP contribution in [0, 0.1) is 0 Å². The molecule has 362 valence electrons. The number of phosphoric acid groups is 1. The van der Waals surface area contributed by atoms with Crippen molar-refractivity contribution in [3.63, 3.8) is 0 Å². The van der Waals surface area contributed by atoms with Gasteiger partial charge in [-0.15, -0.1) is 0 Å². The van der Waals surface area contributed by atoms with Crippen LogP contribution in [-0.2, 0) is 18.4 Å². The van der Waals surface area contributed by atoms with Crippen molar-refractivity contribution < 1.29 is 59.0 Å². The number of aliphatic hydroxyl groups is 7. The number of phosphoric ester groups is 1. The van der Waals surface area contributed by atoms with E-state index in [0.29, 0.717) is 12.8 Å². The molecule has 0 aromatic carbocycles. The van der Waals surface area contributed by atoms with Crippen LogP contribution in [-0.4, -0.2) is 108 Å². The Labute approximate surface area is 374 Å². The molecule has 0 heterocycles. The number of aliphatic hydroxyl groups excluding tert-OH is 7. The average Bonchev–Trinajstić information content (AvgIpc) is 3.24. The summed E-state index contributed by atoms with van der Waals surface area (Å²) in [4.78, 5) is 23.4. The molecule has 0 aromatic heterocycles. The highest BCUT2D eigenvalue weighted by molar-refractivity contribution is 7.47. The van der Waals surface area contributed by atoms with Crippen molar-refractivity contribution in [3.05, 3.63) is 48.6 Å². The van der Waals surface area contributed by atoms with Gasteiger partial charge in [0.1, 0.15) is 36.6 Å². The molecular formula is C48H88NO12P. The molecule has 1 saturated carbocycles. The van der Waals surface area contributed by atoms with Crippen molar-refractivity contribution >= 4 is 13.7 Å². The van der Waals surface area contributed by atoms with E-state index in [1.807, 2.05) is 0 Å². The molecule has 0 bridgehead atoms. The first kappa shape index (κ1) is 58.3. The summed E-state index contributed by atoms with van der Waals surface area (Å²) in [7, 11) is -5.15. The minimum atomic E-state index is -5.15. The Morgan fingerprint density at radius 3 is 1.52 bits per heavy atom. The molecule has 1 aliphatic rings. The SMILES string of the molecule is CCCCCCC/C=C/CC/C=C/C(O)C(COP(=O)(O)OC1C(O)C(O)C(O)C(O)C1O)NC(=O)CC(O)CCCCCCC/C=C\C/C=C\CCCCCCCCCCC. The van der Waals surface area contributed by atoms with Gasteiger partial charge in [0.25, 0.3) is 0 Å². The van der Waals surface area contributed by atoms with Gasteiger partial charge in [0.2, 0.25) is 5.91 Å². The monoisotopic (exact) mass is 902 g/mol. The Morgan fingerprint density at radius 1 is 0.581 bits per heavy atom. The second-order valence-electron chi connectivity index (χ2n) is 17.1. The zero-order valence-corrected chi connectivity index (χ0v) is 39.2. The van der Waals surface area contributed by atoms with Crippen LogP contribution in [0.5, 0.6) is 0 Å². The Hall–Kier alpha value is -1.74. The first-order valence-corrected chi connectivity index (χ1v) is 25.7. The zero-order valence-electron chi connectivity index (χ0n) is 38.3. The Kier molecular flexibility index (Phi) is 35.2. The summed E-state index contributed by atoms with van der Waals surface area (Å²) in [6, 6.07) is -1.26. The number of carbonyl (C=O) groups excluding carboxylic acids is 1. The van der Waals surface area contributed by atoms with Crippen LogP contribution in [0.25, 0.3) is 0 Å². The molecule has 14 heteroatoms. The predicted molar refractivity (Wildman–Crippen MR) is 247 cm³/mol. The van der Waals surface area contributed by atoms with E-state index in [0.717, 1.165) is 70.6 Å². The number of hydrogen-bond donors (Lipinski definition) is 9. The van der Waals surface area contributed by atoms with Crippen molar-refractivity contribution in [2.45, 2.75) is 242 Å². The van der Waals surface area contributed by atoms with Crippen LogP contribution in [0.15, 0.2) is 48.6 Å². The van der Waals surface area contributed by atoms with Crippen molar-refractivity contribution in [1.29, 1.82) is 0 Å². The molecule has 8 unspecified atom stereocenters. The van der Waals surface area contributed by atoms with E-state index in [-0.39, 0.29) is 6.42 Å². The fourth-order valence-corrected chi connectivity index (χ4v) is 8.37. The third-order valence-corrected chi connectivity index (χ3v) is 12.4. The van der Waals surface area contributed by atoms with Gasteiger partial charge in [-0.3, -0.25) is 13.8 Å². The fourth-order valence-electron chi connectivity index (χ4n) is 7.40. The Balaban J connectivity index is 2.48. The maximum Gasteiger partial charge on any atom is 0.472 e. The van der Waals surface area contributed by atoms with Gasteiger partial charge in [-0.2, -0.15) is 0 Å². The Morgan fingerprint density at radius 2 is 1.00 bits per heavy atom. The number of rotatable bonds is 39. The second-order valence-corrected chi connectivity index (χ2v) is 18.5. The lowest BCUT2D eigenvalue weighted by molar-refractivity contribution is -0.220. The van der Waals surface area contributed by atoms with Gasteiger partial charge in [-0.25, -0.2) is 4.57 Å². The summed E-state index contributed by atoms with van der Waals surface area (Å²) < 4.78 is 22.8. The molecule has 1 fully saturated rings. The number of allylic oxidation sites excluding steroid dienone is 7. The van der Waals surface area contributed by atoms with E-state index in [9.17, 15) is 50.0 Å². The van der Waals surface area contributed by atoms with Gasteiger partial charge in [0, 0.05) is 0 Å². The van der Waals surface area contributed by atoms with E-state index < -0.39 is 75.2 Å². The van der Waals surface area contributed by atoms with Gasteiger partial charge in [-0.1, -0.05) is 165 Å². The molecule has 13 nitrogen and oxygen atoms in total. The van der Waals surface area contributed by atoms with Crippen LogP contribution < -0.4 is 5.32 Å². The smallest absolute Gasteiger partial charge is 0.393 e. The highest BCUT2D eigenvalue weighted by Crippen LogP contribution is 2.47.